The van der Waals surface area contributed by atoms with Crippen LogP contribution in [0.3, 0.4) is 0 Å². The largest absolute Gasteiger partial charge is 0.357 e. The van der Waals surface area contributed by atoms with Gasteiger partial charge in [0, 0.05) is 17.6 Å². The minimum absolute atomic E-state index is 0.703. The zero-order valence-electron chi connectivity index (χ0n) is 11.2. The van der Waals surface area contributed by atoms with Gasteiger partial charge in [0.1, 0.15) is 0 Å². The van der Waals surface area contributed by atoms with Gasteiger partial charge in [-0.25, -0.2) is 4.99 Å². The fourth-order valence-corrected chi connectivity index (χ4v) is 1.75. The van der Waals surface area contributed by atoms with Gasteiger partial charge in [-0.1, -0.05) is 41.4 Å². The number of aliphatic imine (C=N–C) groups is 1. The van der Waals surface area contributed by atoms with Gasteiger partial charge in [0.25, 0.3) is 0 Å². The third kappa shape index (κ3) is 6.05. The molecular weight excluding hydrogens is 290 g/mol. The van der Waals surface area contributed by atoms with Gasteiger partial charge in [-0.2, -0.15) is 0 Å². The van der Waals surface area contributed by atoms with Crippen molar-refractivity contribution in [3.05, 3.63) is 34.3 Å². The lowest BCUT2D eigenvalue weighted by Gasteiger charge is -2.10. The minimum atomic E-state index is 0.703. The SMILES string of the molecule is CCCCNC(=NCc1ccc(Br)cc1)NCC. The Bertz CT molecular complexity index is 360. The first-order valence-corrected chi connectivity index (χ1v) is 7.32. The molecule has 0 aliphatic carbocycles. The highest BCUT2D eigenvalue weighted by Gasteiger charge is 1.96. The second kappa shape index (κ2) is 8.97. The molecule has 0 amide bonds. The first kappa shape index (κ1) is 15.0. The molecule has 0 aliphatic rings. The summed E-state index contributed by atoms with van der Waals surface area (Å²) < 4.78 is 1.10. The lowest BCUT2D eigenvalue weighted by Crippen LogP contribution is -2.37. The molecular formula is C14H22BrN3. The van der Waals surface area contributed by atoms with E-state index in [9.17, 15) is 0 Å². The summed E-state index contributed by atoms with van der Waals surface area (Å²) in [6.07, 6.45) is 2.36. The molecule has 1 rings (SSSR count). The Balaban J connectivity index is 2.50. The van der Waals surface area contributed by atoms with Crippen LogP contribution in [0.1, 0.15) is 32.3 Å². The smallest absolute Gasteiger partial charge is 0.191 e. The quantitative estimate of drug-likeness (QED) is 0.480. The average molecular weight is 312 g/mol. The Morgan fingerprint density at radius 3 is 2.50 bits per heavy atom. The van der Waals surface area contributed by atoms with E-state index in [4.69, 9.17) is 0 Å². The highest BCUT2D eigenvalue weighted by Crippen LogP contribution is 2.10. The molecule has 0 radical (unpaired) electrons. The molecule has 4 heteroatoms. The van der Waals surface area contributed by atoms with E-state index in [-0.39, 0.29) is 0 Å². The molecule has 1 aromatic carbocycles. The maximum absolute atomic E-state index is 4.56. The zero-order chi connectivity index (χ0) is 13.2. The van der Waals surface area contributed by atoms with Gasteiger partial charge in [-0.3, -0.25) is 0 Å². The van der Waals surface area contributed by atoms with E-state index in [0.29, 0.717) is 6.54 Å². The second-order valence-corrected chi connectivity index (χ2v) is 5.02. The summed E-state index contributed by atoms with van der Waals surface area (Å²) in [7, 11) is 0. The van der Waals surface area contributed by atoms with Crippen molar-refractivity contribution in [1.82, 2.24) is 10.6 Å². The first-order chi connectivity index (χ1) is 8.76. The fraction of sp³-hybridized carbons (Fsp3) is 0.500. The van der Waals surface area contributed by atoms with Gasteiger partial charge in [-0.05, 0) is 31.0 Å². The van der Waals surface area contributed by atoms with Crippen molar-refractivity contribution in [2.45, 2.75) is 33.2 Å². The van der Waals surface area contributed by atoms with Crippen LogP contribution in [-0.4, -0.2) is 19.0 Å². The van der Waals surface area contributed by atoms with Crippen LogP contribution < -0.4 is 10.6 Å². The summed E-state index contributed by atoms with van der Waals surface area (Å²) in [4.78, 5) is 4.56. The molecule has 100 valence electrons. The number of benzene rings is 1. The predicted octanol–water partition coefficient (Wildman–Crippen LogP) is 3.30. The molecule has 0 atom stereocenters. The molecule has 3 nitrogen and oxygen atoms in total. The second-order valence-electron chi connectivity index (χ2n) is 4.10. The van der Waals surface area contributed by atoms with Gasteiger partial charge < -0.3 is 10.6 Å². The number of unbranched alkanes of at least 4 members (excludes halogenated alkanes) is 1. The predicted molar refractivity (Wildman–Crippen MR) is 81.9 cm³/mol. The molecule has 2 N–H and O–H groups in total. The van der Waals surface area contributed by atoms with Crippen molar-refractivity contribution in [2.24, 2.45) is 4.99 Å². The van der Waals surface area contributed by atoms with E-state index in [0.717, 1.165) is 23.5 Å². The Morgan fingerprint density at radius 1 is 1.17 bits per heavy atom. The Hall–Kier alpha value is -1.03. The molecule has 0 saturated carbocycles. The Morgan fingerprint density at radius 2 is 1.89 bits per heavy atom. The summed E-state index contributed by atoms with van der Waals surface area (Å²) in [5.74, 6) is 0.897. The fourth-order valence-electron chi connectivity index (χ4n) is 1.49. The van der Waals surface area contributed by atoms with Crippen LogP contribution in [0.2, 0.25) is 0 Å². The van der Waals surface area contributed by atoms with Gasteiger partial charge in [0.05, 0.1) is 6.54 Å². The molecule has 0 fully saturated rings. The number of hydrogen-bond acceptors (Lipinski definition) is 1. The Kier molecular flexibility index (Phi) is 7.49. The number of halogens is 1. The van der Waals surface area contributed by atoms with Crippen molar-refractivity contribution >= 4 is 21.9 Å². The third-order valence-corrected chi connectivity index (χ3v) is 3.03. The number of nitrogens with zero attached hydrogens (tertiary/aromatic N) is 1. The summed E-state index contributed by atoms with van der Waals surface area (Å²) in [6.45, 7) is 6.83. The minimum Gasteiger partial charge on any atom is -0.357 e. The monoisotopic (exact) mass is 311 g/mol. The number of hydrogen-bond donors (Lipinski definition) is 2. The van der Waals surface area contributed by atoms with Gasteiger partial charge in [-0.15, -0.1) is 0 Å². The maximum atomic E-state index is 4.56. The van der Waals surface area contributed by atoms with Crippen LogP contribution in [0.15, 0.2) is 33.7 Å². The average Bonchev–Trinajstić information content (AvgIpc) is 2.38. The van der Waals surface area contributed by atoms with E-state index in [1.54, 1.807) is 0 Å². The molecule has 0 heterocycles. The van der Waals surface area contributed by atoms with Crippen LogP contribution in [0.25, 0.3) is 0 Å². The zero-order valence-corrected chi connectivity index (χ0v) is 12.8. The van der Waals surface area contributed by atoms with Crippen LogP contribution in [-0.2, 0) is 6.54 Å². The molecule has 0 aliphatic heterocycles. The highest BCUT2D eigenvalue weighted by atomic mass is 79.9. The number of nitrogens with one attached hydrogen (secondary N) is 2. The van der Waals surface area contributed by atoms with Gasteiger partial charge in [0.2, 0.25) is 0 Å². The van der Waals surface area contributed by atoms with Crippen molar-refractivity contribution in [1.29, 1.82) is 0 Å². The van der Waals surface area contributed by atoms with Crippen molar-refractivity contribution in [2.75, 3.05) is 13.1 Å². The normalized spacial score (nSPS) is 11.4. The van der Waals surface area contributed by atoms with Crippen LogP contribution in [0, 0.1) is 0 Å². The van der Waals surface area contributed by atoms with Crippen molar-refractivity contribution in [3.8, 4) is 0 Å². The number of guanidine groups is 1. The topological polar surface area (TPSA) is 36.4 Å². The van der Waals surface area contributed by atoms with Gasteiger partial charge in [0.15, 0.2) is 5.96 Å². The third-order valence-electron chi connectivity index (χ3n) is 2.50. The lowest BCUT2D eigenvalue weighted by atomic mass is 10.2. The highest BCUT2D eigenvalue weighted by molar-refractivity contribution is 9.10. The summed E-state index contributed by atoms with van der Waals surface area (Å²) in [5.41, 5.74) is 1.21. The number of rotatable bonds is 6. The molecule has 0 bridgehead atoms. The summed E-state index contributed by atoms with van der Waals surface area (Å²) in [6, 6.07) is 8.26. The molecule has 0 aromatic heterocycles. The molecule has 1 aromatic rings. The van der Waals surface area contributed by atoms with Crippen LogP contribution in [0.5, 0.6) is 0 Å². The molecule has 0 saturated heterocycles. The molecule has 18 heavy (non-hydrogen) atoms. The summed E-state index contributed by atoms with van der Waals surface area (Å²) >= 11 is 3.43. The molecule has 0 spiro atoms. The van der Waals surface area contributed by atoms with E-state index in [1.165, 1.54) is 18.4 Å². The summed E-state index contributed by atoms with van der Waals surface area (Å²) in [5, 5.41) is 6.59. The Labute approximate surface area is 118 Å². The molecule has 0 unspecified atom stereocenters. The van der Waals surface area contributed by atoms with Crippen LogP contribution >= 0.6 is 15.9 Å². The van der Waals surface area contributed by atoms with E-state index in [2.05, 4.69) is 57.5 Å². The van der Waals surface area contributed by atoms with Crippen molar-refractivity contribution < 1.29 is 0 Å². The van der Waals surface area contributed by atoms with E-state index in [1.807, 2.05) is 12.1 Å². The lowest BCUT2D eigenvalue weighted by molar-refractivity contribution is 0.730. The van der Waals surface area contributed by atoms with E-state index < -0.39 is 0 Å². The first-order valence-electron chi connectivity index (χ1n) is 6.53. The van der Waals surface area contributed by atoms with Crippen molar-refractivity contribution in [3.63, 3.8) is 0 Å². The van der Waals surface area contributed by atoms with Gasteiger partial charge >= 0.3 is 0 Å². The maximum Gasteiger partial charge on any atom is 0.191 e. The van der Waals surface area contributed by atoms with Crippen LogP contribution in [0.4, 0.5) is 0 Å². The standard InChI is InChI=1S/C14H22BrN3/c1-3-5-10-17-14(16-4-2)18-11-12-6-8-13(15)9-7-12/h6-9H,3-5,10-11H2,1-2H3,(H2,16,17,18). The van der Waals surface area contributed by atoms with E-state index >= 15 is 0 Å².